The second-order valence-electron chi connectivity index (χ2n) is 9.78. The van der Waals surface area contributed by atoms with E-state index in [4.69, 9.17) is 11.6 Å². The van der Waals surface area contributed by atoms with Crippen LogP contribution in [0.1, 0.15) is 56.9 Å². The van der Waals surface area contributed by atoms with E-state index in [1.807, 2.05) is 36.4 Å². The highest BCUT2D eigenvalue weighted by atomic mass is 35.5. The van der Waals surface area contributed by atoms with Crippen LogP contribution in [0.25, 0.3) is 0 Å². The number of nitrogens with zero attached hydrogens (tertiary/aromatic N) is 1. The third-order valence-electron chi connectivity index (χ3n) is 7.26. The van der Waals surface area contributed by atoms with Crippen molar-refractivity contribution < 1.29 is 4.79 Å². The van der Waals surface area contributed by atoms with E-state index in [9.17, 15) is 4.79 Å². The number of amides is 1. The zero-order valence-electron chi connectivity index (χ0n) is 17.4. The number of rotatable bonds is 7. The van der Waals surface area contributed by atoms with E-state index in [0.29, 0.717) is 6.42 Å². The van der Waals surface area contributed by atoms with E-state index < -0.39 is 0 Å². The van der Waals surface area contributed by atoms with Gasteiger partial charge in [-0.05, 0) is 98.9 Å². The van der Waals surface area contributed by atoms with E-state index in [2.05, 4.69) is 15.6 Å². The van der Waals surface area contributed by atoms with Gasteiger partial charge in [-0.1, -0.05) is 23.7 Å². The molecule has 158 valence electrons. The first-order chi connectivity index (χ1) is 14.6. The lowest BCUT2D eigenvalue weighted by Gasteiger charge is -2.57. The van der Waals surface area contributed by atoms with Crippen LogP contribution in [-0.2, 0) is 11.2 Å². The number of anilines is 2. The molecule has 1 heterocycles. The van der Waals surface area contributed by atoms with E-state index in [1.165, 1.54) is 44.1 Å². The summed E-state index contributed by atoms with van der Waals surface area (Å²) in [5.41, 5.74) is 2.23. The maximum atomic E-state index is 12.3. The number of carbonyl (C=O) groups excluding carboxylic acids is 1. The Labute approximate surface area is 183 Å². The van der Waals surface area contributed by atoms with Gasteiger partial charge in [0.1, 0.15) is 5.82 Å². The maximum Gasteiger partial charge on any atom is 0.224 e. The predicted molar refractivity (Wildman–Crippen MR) is 122 cm³/mol. The van der Waals surface area contributed by atoms with Crippen LogP contribution in [0.15, 0.2) is 42.6 Å². The van der Waals surface area contributed by atoms with Crippen molar-refractivity contribution in [2.45, 2.75) is 63.3 Å². The van der Waals surface area contributed by atoms with Crippen molar-refractivity contribution in [3.05, 3.63) is 53.2 Å². The summed E-state index contributed by atoms with van der Waals surface area (Å²) in [5.74, 6) is 3.71. The third kappa shape index (κ3) is 4.49. The van der Waals surface area contributed by atoms with Crippen molar-refractivity contribution in [2.75, 3.05) is 10.6 Å². The van der Waals surface area contributed by atoms with Crippen molar-refractivity contribution in [3.63, 3.8) is 0 Å². The van der Waals surface area contributed by atoms with Gasteiger partial charge in [0.2, 0.25) is 5.91 Å². The molecule has 0 radical (unpaired) electrons. The van der Waals surface area contributed by atoms with Crippen molar-refractivity contribution in [1.82, 2.24) is 4.98 Å². The Morgan fingerprint density at radius 1 is 1.00 bits per heavy atom. The monoisotopic (exact) mass is 423 g/mol. The Morgan fingerprint density at radius 3 is 2.27 bits per heavy atom. The van der Waals surface area contributed by atoms with Crippen LogP contribution in [0.5, 0.6) is 0 Å². The Hall–Kier alpha value is -2.07. The fourth-order valence-electron chi connectivity index (χ4n) is 6.40. The maximum absolute atomic E-state index is 12.3. The molecular formula is C25H30ClN3O. The second-order valence-corrected chi connectivity index (χ2v) is 10.2. The Kier molecular flexibility index (Phi) is 5.44. The number of benzene rings is 1. The number of hydrogen-bond acceptors (Lipinski definition) is 3. The smallest absolute Gasteiger partial charge is 0.224 e. The third-order valence-corrected chi connectivity index (χ3v) is 7.51. The number of halogens is 1. The van der Waals surface area contributed by atoms with Crippen LogP contribution in [-0.4, -0.2) is 16.4 Å². The molecule has 1 amide bonds. The average Bonchev–Trinajstić information content (AvgIpc) is 2.70. The molecule has 4 fully saturated rings. The minimum absolute atomic E-state index is 0.0348. The molecule has 0 unspecified atom stereocenters. The van der Waals surface area contributed by atoms with Crippen LogP contribution in [0.2, 0.25) is 5.02 Å². The SMILES string of the molecule is O=C(CCCc1ccc(Cl)cc1)Nc1ccc(NC23CC4CC(CC(C4)C2)C3)nc1. The first-order valence-corrected chi connectivity index (χ1v) is 11.7. The Balaban J connectivity index is 1.11. The van der Waals surface area contributed by atoms with E-state index in [-0.39, 0.29) is 11.4 Å². The summed E-state index contributed by atoms with van der Waals surface area (Å²) >= 11 is 5.91. The van der Waals surface area contributed by atoms with Gasteiger partial charge in [0, 0.05) is 17.0 Å². The molecular weight excluding hydrogens is 394 g/mol. The number of aryl methyl sites for hydroxylation is 1. The lowest BCUT2D eigenvalue weighted by Crippen LogP contribution is -2.54. The summed E-state index contributed by atoms with van der Waals surface area (Å²) in [6.07, 6.45) is 12.2. The standard InChI is InChI=1S/C25H30ClN3O/c26-21-6-4-17(5-7-21)2-1-3-24(30)28-22-8-9-23(27-16-22)29-25-13-18-10-19(14-25)12-20(11-18)15-25/h4-9,16,18-20H,1-3,10-15H2,(H,27,29)(H,28,30). The van der Waals surface area contributed by atoms with Gasteiger partial charge in [-0.15, -0.1) is 0 Å². The summed E-state index contributed by atoms with van der Waals surface area (Å²) in [7, 11) is 0. The number of carbonyl (C=O) groups is 1. The van der Waals surface area contributed by atoms with Crippen molar-refractivity contribution in [1.29, 1.82) is 0 Å². The average molecular weight is 424 g/mol. The van der Waals surface area contributed by atoms with E-state index in [1.54, 1.807) is 6.20 Å². The quantitative estimate of drug-likeness (QED) is 0.567. The summed E-state index contributed by atoms with van der Waals surface area (Å²) < 4.78 is 0. The molecule has 5 heteroatoms. The second kappa shape index (κ2) is 8.22. The molecule has 0 atom stereocenters. The van der Waals surface area contributed by atoms with Gasteiger partial charge in [-0.3, -0.25) is 4.79 Å². The van der Waals surface area contributed by atoms with Gasteiger partial charge in [0.15, 0.2) is 0 Å². The minimum Gasteiger partial charge on any atom is -0.365 e. The zero-order valence-corrected chi connectivity index (χ0v) is 18.1. The van der Waals surface area contributed by atoms with Crippen LogP contribution >= 0.6 is 11.6 Å². The summed E-state index contributed by atoms with van der Waals surface area (Å²) in [6.45, 7) is 0. The summed E-state index contributed by atoms with van der Waals surface area (Å²) in [4.78, 5) is 16.9. The first kappa shape index (κ1) is 19.9. The molecule has 6 rings (SSSR count). The summed E-state index contributed by atoms with van der Waals surface area (Å²) in [5, 5.41) is 7.50. The van der Waals surface area contributed by atoms with E-state index >= 15 is 0 Å². The van der Waals surface area contributed by atoms with Gasteiger partial charge >= 0.3 is 0 Å². The number of nitrogens with one attached hydrogen (secondary N) is 2. The van der Waals surface area contributed by atoms with Crippen molar-refractivity contribution in [2.24, 2.45) is 17.8 Å². The number of aromatic nitrogens is 1. The lowest BCUT2D eigenvalue weighted by atomic mass is 9.53. The van der Waals surface area contributed by atoms with Gasteiger partial charge in [0.05, 0.1) is 11.9 Å². The number of pyridine rings is 1. The molecule has 1 aromatic heterocycles. The molecule has 4 bridgehead atoms. The number of hydrogen-bond donors (Lipinski definition) is 2. The molecule has 4 saturated carbocycles. The Morgan fingerprint density at radius 2 is 1.67 bits per heavy atom. The first-order valence-electron chi connectivity index (χ1n) is 11.3. The van der Waals surface area contributed by atoms with Crippen LogP contribution in [0.4, 0.5) is 11.5 Å². The highest BCUT2D eigenvalue weighted by Gasteiger charge is 2.51. The summed E-state index contributed by atoms with van der Waals surface area (Å²) in [6, 6.07) is 11.8. The molecule has 30 heavy (non-hydrogen) atoms. The Bertz CT molecular complexity index is 858. The van der Waals surface area contributed by atoms with Gasteiger partial charge in [-0.25, -0.2) is 4.98 Å². The molecule has 0 aliphatic heterocycles. The molecule has 1 aromatic carbocycles. The van der Waals surface area contributed by atoms with Crippen molar-refractivity contribution in [3.8, 4) is 0 Å². The lowest BCUT2D eigenvalue weighted by molar-refractivity contribution is -0.116. The largest absolute Gasteiger partial charge is 0.365 e. The predicted octanol–water partition coefficient (Wildman–Crippen LogP) is 6.08. The minimum atomic E-state index is 0.0348. The van der Waals surface area contributed by atoms with Gasteiger partial charge in [0.25, 0.3) is 0 Å². The molecule has 4 nitrogen and oxygen atoms in total. The molecule has 4 aliphatic rings. The fourth-order valence-corrected chi connectivity index (χ4v) is 6.53. The molecule has 0 spiro atoms. The van der Waals surface area contributed by atoms with Crippen LogP contribution in [0, 0.1) is 17.8 Å². The zero-order chi connectivity index (χ0) is 20.6. The van der Waals surface area contributed by atoms with E-state index in [0.717, 1.165) is 47.1 Å². The molecule has 2 N–H and O–H groups in total. The van der Waals surface area contributed by atoms with Crippen LogP contribution in [0.3, 0.4) is 0 Å². The topological polar surface area (TPSA) is 54.0 Å². The highest BCUT2D eigenvalue weighted by molar-refractivity contribution is 6.30. The highest BCUT2D eigenvalue weighted by Crippen LogP contribution is 2.56. The van der Waals surface area contributed by atoms with Gasteiger partial charge in [-0.2, -0.15) is 0 Å². The normalized spacial score (nSPS) is 29.0. The molecule has 0 saturated heterocycles. The molecule has 4 aliphatic carbocycles. The van der Waals surface area contributed by atoms with Crippen molar-refractivity contribution >= 4 is 29.0 Å². The van der Waals surface area contributed by atoms with Gasteiger partial charge < -0.3 is 10.6 Å². The molecule has 2 aromatic rings. The fraction of sp³-hybridized carbons (Fsp3) is 0.520. The van der Waals surface area contributed by atoms with Crippen LogP contribution < -0.4 is 10.6 Å².